The lowest BCUT2D eigenvalue weighted by atomic mass is 10.1. The van der Waals surface area contributed by atoms with Crippen LogP contribution in [-0.4, -0.2) is 6.10 Å². The Morgan fingerprint density at radius 1 is 1.33 bits per heavy atom. The Kier molecular flexibility index (Phi) is 1.56. The predicted octanol–water partition coefficient (Wildman–Crippen LogP) is 1.98. The van der Waals surface area contributed by atoms with Gasteiger partial charge >= 0.3 is 0 Å². The van der Waals surface area contributed by atoms with Crippen LogP contribution in [0.25, 0.3) is 6.08 Å². The molecule has 2 heteroatoms. The van der Waals surface area contributed by atoms with E-state index in [1.165, 1.54) is 0 Å². The van der Waals surface area contributed by atoms with E-state index in [0.29, 0.717) is 0 Å². The van der Waals surface area contributed by atoms with Crippen LogP contribution in [0.1, 0.15) is 5.56 Å². The summed E-state index contributed by atoms with van der Waals surface area (Å²) in [5.41, 5.74) is 1.03. The SMILES string of the molecule is N#CC1C=Cc2ccccc2O1. The van der Waals surface area contributed by atoms with Crippen LogP contribution in [-0.2, 0) is 0 Å². The van der Waals surface area contributed by atoms with Gasteiger partial charge in [0.2, 0.25) is 6.10 Å². The Labute approximate surface area is 70.7 Å². The lowest BCUT2D eigenvalue weighted by Crippen LogP contribution is -2.13. The molecule has 1 aliphatic heterocycles. The molecule has 12 heavy (non-hydrogen) atoms. The fourth-order valence-corrected chi connectivity index (χ4v) is 1.16. The second-order valence-corrected chi connectivity index (χ2v) is 2.56. The Morgan fingerprint density at radius 3 is 3.00 bits per heavy atom. The number of benzene rings is 1. The number of nitrogens with zero attached hydrogens (tertiary/aromatic N) is 1. The van der Waals surface area contributed by atoms with Crippen molar-refractivity contribution in [2.24, 2.45) is 0 Å². The van der Waals surface area contributed by atoms with E-state index in [0.717, 1.165) is 11.3 Å². The number of para-hydroxylation sites is 1. The molecule has 1 unspecified atom stereocenters. The maximum atomic E-state index is 8.59. The first kappa shape index (κ1) is 6.93. The second kappa shape index (κ2) is 2.71. The number of rotatable bonds is 0. The van der Waals surface area contributed by atoms with Crippen molar-refractivity contribution in [3.8, 4) is 11.8 Å². The summed E-state index contributed by atoms with van der Waals surface area (Å²) in [5, 5.41) is 8.59. The minimum absolute atomic E-state index is 0.431. The van der Waals surface area contributed by atoms with Crippen molar-refractivity contribution in [1.82, 2.24) is 0 Å². The van der Waals surface area contributed by atoms with Crippen LogP contribution in [0.15, 0.2) is 30.3 Å². The van der Waals surface area contributed by atoms with Gasteiger partial charge in [-0.2, -0.15) is 5.26 Å². The molecule has 2 rings (SSSR count). The number of hydrogen-bond donors (Lipinski definition) is 0. The summed E-state index contributed by atoms with van der Waals surface area (Å²) in [6, 6.07) is 9.70. The standard InChI is InChI=1S/C10H7NO/c11-7-9-6-5-8-3-1-2-4-10(8)12-9/h1-6,9H. The first-order valence-electron chi connectivity index (χ1n) is 3.73. The van der Waals surface area contributed by atoms with Crippen molar-refractivity contribution in [2.75, 3.05) is 0 Å². The summed E-state index contributed by atoms with van der Waals surface area (Å²) in [6.45, 7) is 0. The zero-order valence-electron chi connectivity index (χ0n) is 6.40. The van der Waals surface area contributed by atoms with Crippen molar-refractivity contribution in [2.45, 2.75) is 6.10 Å². The minimum Gasteiger partial charge on any atom is -0.471 e. The van der Waals surface area contributed by atoms with E-state index in [1.807, 2.05) is 36.4 Å². The van der Waals surface area contributed by atoms with Crippen molar-refractivity contribution >= 4 is 6.08 Å². The zero-order chi connectivity index (χ0) is 8.39. The van der Waals surface area contributed by atoms with Gasteiger partial charge in [-0.1, -0.05) is 24.3 Å². The Bertz CT molecular complexity index is 362. The van der Waals surface area contributed by atoms with E-state index in [4.69, 9.17) is 10.00 Å². The second-order valence-electron chi connectivity index (χ2n) is 2.56. The molecule has 2 nitrogen and oxygen atoms in total. The highest BCUT2D eigenvalue weighted by Crippen LogP contribution is 2.24. The summed E-state index contributed by atoms with van der Waals surface area (Å²) >= 11 is 0. The number of nitriles is 1. The molecule has 1 aliphatic rings. The molecule has 0 amide bonds. The summed E-state index contributed by atoms with van der Waals surface area (Å²) in [5.74, 6) is 0.784. The zero-order valence-corrected chi connectivity index (χ0v) is 6.40. The van der Waals surface area contributed by atoms with Crippen LogP contribution >= 0.6 is 0 Å². The van der Waals surface area contributed by atoms with Crippen molar-refractivity contribution in [3.05, 3.63) is 35.9 Å². The predicted molar refractivity (Wildman–Crippen MR) is 45.5 cm³/mol. The third-order valence-electron chi connectivity index (χ3n) is 1.75. The molecule has 0 saturated carbocycles. The normalized spacial score (nSPS) is 19.1. The number of hydrogen-bond acceptors (Lipinski definition) is 2. The van der Waals surface area contributed by atoms with Gasteiger partial charge < -0.3 is 4.74 Å². The van der Waals surface area contributed by atoms with E-state index in [1.54, 1.807) is 6.08 Å². The molecule has 0 fully saturated rings. The maximum absolute atomic E-state index is 8.59. The lowest BCUT2D eigenvalue weighted by molar-refractivity contribution is 0.298. The Balaban J connectivity index is 2.41. The van der Waals surface area contributed by atoms with Crippen LogP contribution in [0.2, 0.25) is 0 Å². The molecular formula is C10H7NO. The van der Waals surface area contributed by atoms with Gasteiger partial charge in [0.25, 0.3) is 0 Å². The average molecular weight is 157 g/mol. The van der Waals surface area contributed by atoms with Crippen LogP contribution in [0, 0.1) is 11.3 Å². The van der Waals surface area contributed by atoms with E-state index in [-0.39, 0.29) is 0 Å². The maximum Gasteiger partial charge on any atom is 0.203 e. The molecule has 0 spiro atoms. The van der Waals surface area contributed by atoms with Crippen LogP contribution < -0.4 is 4.74 Å². The van der Waals surface area contributed by atoms with Crippen LogP contribution in [0.3, 0.4) is 0 Å². The molecule has 0 bridgehead atoms. The van der Waals surface area contributed by atoms with E-state index >= 15 is 0 Å². The quantitative estimate of drug-likeness (QED) is 0.577. The third kappa shape index (κ3) is 1.06. The molecule has 0 radical (unpaired) electrons. The highest BCUT2D eigenvalue weighted by molar-refractivity contribution is 5.60. The largest absolute Gasteiger partial charge is 0.471 e. The molecule has 0 aromatic heterocycles. The molecule has 1 aromatic rings. The summed E-state index contributed by atoms with van der Waals surface area (Å²) in [4.78, 5) is 0. The summed E-state index contributed by atoms with van der Waals surface area (Å²) < 4.78 is 5.33. The van der Waals surface area contributed by atoms with Gasteiger partial charge in [0.15, 0.2) is 0 Å². The Hall–Kier alpha value is -1.75. The van der Waals surface area contributed by atoms with E-state index < -0.39 is 6.10 Å². The van der Waals surface area contributed by atoms with E-state index in [2.05, 4.69) is 0 Å². The third-order valence-corrected chi connectivity index (χ3v) is 1.75. The lowest BCUT2D eigenvalue weighted by Gasteiger charge is -2.15. The molecule has 0 saturated heterocycles. The highest BCUT2D eigenvalue weighted by Gasteiger charge is 2.11. The molecule has 58 valence electrons. The van der Waals surface area contributed by atoms with Crippen molar-refractivity contribution in [3.63, 3.8) is 0 Å². The van der Waals surface area contributed by atoms with Crippen molar-refractivity contribution in [1.29, 1.82) is 5.26 Å². The molecule has 1 aromatic carbocycles. The topological polar surface area (TPSA) is 33.0 Å². The van der Waals surface area contributed by atoms with Crippen LogP contribution in [0.5, 0.6) is 5.75 Å². The smallest absolute Gasteiger partial charge is 0.203 e. The van der Waals surface area contributed by atoms with Gasteiger partial charge in [-0.05, 0) is 12.1 Å². The molecule has 1 heterocycles. The molecule has 0 aliphatic carbocycles. The minimum atomic E-state index is -0.431. The van der Waals surface area contributed by atoms with Gasteiger partial charge in [-0.25, -0.2) is 0 Å². The summed E-state index contributed by atoms with van der Waals surface area (Å²) in [7, 11) is 0. The highest BCUT2D eigenvalue weighted by atomic mass is 16.5. The van der Waals surface area contributed by atoms with Gasteiger partial charge in [0, 0.05) is 5.56 Å². The van der Waals surface area contributed by atoms with Gasteiger partial charge in [-0.15, -0.1) is 0 Å². The van der Waals surface area contributed by atoms with Gasteiger partial charge in [0.1, 0.15) is 11.8 Å². The number of fused-ring (bicyclic) bond motifs is 1. The molecule has 1 atom stereocenters. The fourth-order valence-electron chi connectivity index (χ4n) is 1.16. The first-order valence-corrected chi connectivity index (χ1v) is 3.73. The van der Waals surface area contributed by atoms with Crippen LogP contribution in [0.4, 0.5) is 0 Å². The van der Waals surface area contributed by atoms with E-state index in [9.17, 15) is 0 Å². The van der Waals surface area contributed by atoms with Gasteiger partial charge in [0.05, 0.1) is 0 Å². The molecule has 0 N–H and O–H groups in total. The Morgan fingerprint density at radius 2 is 2.17 bits per heavy atom. The van der Waals surface area contributed by atoms with Crippen molar-refractivity contribution < 1.29 is 4.74 Å². The van der Waals surface area contributed by atoms with Gasteiger partial charge in [-0.3, -0.25) is 0 Å². The number of ether oxygens (including phenoxy) is 1. The summed E-state index contributed by atoms with van der Waals surface area (Å²) in [6.07, 6.45) is 3.23. The molecular weight excluding hydrogens is 150 g/mol. The first-order chi connectivity index (χ1) is 5.90. The average Bonchev–Trinajstić information content (AvgIpc) is 2.17. The monoisotopic (exact) mass is 157 g/mol. The fraction of sp³-hybridized carbons (Fsp3) is 0.100.